The van der Waals surface area contributed by atoms with Gasteiger partial charge in [-0.25, -0.2) is 4.79 Å². The summed E-state index contributed by atoms with van der Waals surface area (Å²) in [4.78, 5) is 16.3. The van der Waals surface area contributed by atoms with Crippen molar-refractivity contribution in [2.75, 3.05) is 43.0 Å². The minimum atomic E-state index is -4.52. The topological polar surface area (TPSA) is 65.0 Å². The Balaban J connectivity index is 1.67. The van der Waals surface area contributed by atoms with Crippen molar-refractivity contribution < 1.29 is 27.8 Å². The monoisotopic (exact) mass is 423 g/mol. The lowest BCUT2D eigenvalue weighted by molar-refractivity contribution is -0.137. The van der Waals surface area contributed by atoms with Gasteiger partial charge in [-0.3, -0.25) is 0 Å². The number of anilines is 2. The van der Waals surface area contributed by atoms with E-state index in [1.807, 2.05) is 6.92 Å². The maximum atomic E-state index is 13.1. The number of hydrogen-bond acceptors (Lipinski definition) is 4. The molecule has 3 rings (SSSR count). The van der Waals surface area contributed by atoms with Crippen LogP contribution in [-0.2, 0) is 6.18 Å². The highest BCUT2D eigenvalue weighted by molar-refractivity contribution is 5.91. The van der Waals surface area contributed by atoms with Gasteiger partial charge in [0.25, 0.3) is 0 Å². The minimum Gasteiger partial charge on any atom is -0.508 e. The molecule has 2 aromatic rings. The van der Waals surface area contributed by atoms with Gasteiger partial charge in [0.05, 0.1) is 17.9 Å². The summed E-state index contributed by atoms with van der Waals surface area (Å²) in [6.45, 7) is 4.18. The Kier molecular flexibility index (Phi) is 6.59. The van der Waals surface area contributed by atoms with Crippen molar-refractivity contribution in [3.8, 4) is 11.5 Å². The fourth-order valence-electron chi connectivity index (χ4n) is 3.17. The Hall–Kier alpha value is -3.10. The first-order valence-electron chi connectivity index (χ1n) is 9.72. The number of carbonyl (C=O) groups is 1. The molecule has 0 aliphatic carbocycles. The molecule has 9 heteroatoms. The predicted octanol–water partition coefficient (Wildman–Crippen LogP) is 4.55. The van der Waals surface area contributed by atoms with E-state index in [0.717, 1.165) is 17.8 Å². The number of urea groups is 1. The number of ether oxygens (including phenoxy) is 1. The van der Waals surface area contributed by atoms with Crippen molar-refractivity contribution in [1.29, 1.82) is 0 Å². The molecule has 6 nitrogen and oxygen atoms in total. The number of phenolic OH excluding ortho intramolecular Hbond substituents is 1. The first kappa shape index (κ1) is 21.6. The summed E-state index contributed by atoms with van der Waals surface area (Å²) in [6, 6.07) is 9.39. The second-order valence-corrected chi connectivity index (χ2v) is 6.98. The number of hydrogen-bond donors (Lipinski definition) is 2. The zero-order valence-corrected chi connectivity index (χ0v) is 16.6. The molecular weight excluding hydrogens is 399 g/mol. The van der Waals surface area contributed by atoms with E-state index in [2.05, 4.69) is 10.2 Å². The van der Waals surface area contributed by atoms with E-state index < -0.39 is 17.8 Å². The van der Waals surface area contributed by atoms with Crippen LogP contribution >= 0.6 is 0 Å². The van der Waals surface area contributed by atoms with Gasteiger partial charge in [0.1, 0.15) is 11.5 Å². The first-order valence-corrected chi connectivity index (χ1v) is 9.72. The number of halogens is 3. The maximum absolute atomic E-state index is 13.1. The molecule has 30 heavy (non-hydrogen) atoms. The Morgan fingerprint density at radius 2 is 1.77 bits per heavy atom. The molecule has 0 spiro atoms. The summed E-state index contributed by atoms with van der Waals surface area (Å²) < 4.78 is 44.8. The van der Waals surface area contributed by atoms with Crippen molar-refractivity contribution in [3.63, 3.8) is 0 Å². The smallest absolute Gasteiger partial charge is 0.416 e. The van der Waals surface area contributed by atoms with Gasteiger partial charge in [0.15, 0.2) is 0 Å². The lowest BCUT2D eigenvalue weighted by Crippen LogP contribution is -2.50. The highest BCUT2D eigenvalue weighted by Gasteiger charge is 2.32. The molecule has 2 N–H and O–H groups in total. The van der Waals surface area contributed by atoms with E-state index in [-0.39, 0.29) is 17.2 Å². The highest BCUT2D eigenvalue weighted by atomic mass is 19.4. The molecule has 2 amide bonds. The van der Waals surface area contributed by atoms with Crippen LogP contribution in [0.4, 0.5) is 29.3 Å². The van der Waals surface area contributed by atoms with Crippen molar-refractivity contribution >= 4 is 17.4 Å². The normalized spacial score (nSPS) is 14.5. The second kappa shape index (κ2) is 9.15. The third kappa shape index (κ3) is 5.28. The third-order valence-corrected chi connectivity index (χ3v) is 4.79. The summed E-state index contributed by atoms with van der Waals surface area (Å²) in [7, 11) is 0. The number of alkyl halides is 3. The van der Waals surface area contributed by atoms with Crippen molar-refractivity contribution in [2.24, 2.45) is 0 Å². The molecule has 2 aromatic carbocycles. The maximum Gasteiger partial charge on any atom is 0.416 e. The van der Waals surface area contributed by atoms with Crippen molar-refractivity contribution in [3.05, 3.63) is 48.0 Å². The fourth-order valence-corrected chi connectivity index (χ4v) is 3.17. The lowest BCUT2D eigenvalue weighted by Gasteiger charge is -2.36. The number of amides is 2. The van der Waals surface area contributed by atoms with E-state index in [9.17, 15) is 23.1 Å². The van der Waals surface area contributed by atoms with Crippen LogP contribution in [0, 0.1) is 0 Å². The molecular formula is C21H24F3N3O3. The minimum absolute atomic E-state index is 0.00393. The quantitative estimate of drug-likeness (QED) is 0.740. The fraction of sp³-hybridized carbons (Fsp3) is 0.381. The van der Waals surface area contributed by atoms with E-state index in [0.29, 0.717) is 39.2 Å². The molecule has 1 heterocycles. The molecule has 0 bridgehead atoms. The van der Waals surface area contributed by atoms with Gasteiger partial charge in [-0.15, -0.1) is 0 Å². The number of aromatic hydroxyl groups is 1. The Labute approximate surface area is 172 Å². The number of nitrogens with one attached hydrogen (secondary N) is 1. The number of piperazine rings is 1. The van der Waals surface area contributed by atoms with Crippen LogP contribution < -0.4 is 15.0 Å². The van der Waals surface area contributed by atoms with Crippen LogP contribution in [0.3, 0.4) is 0 Å². The van der Waals surface area contributed by atoms with Gasteiger partial charge in [-0.05, 0) is 48.9 Å². The zero-order valence-electron chi connectivity index (χ0n) is 16.6. The molecule has 1 aliphatic rings. The molecule has 162 valence electrons. The van der Waals surface area contributed by atoms with Crippen LogP contribution in [0.25, 0.3) is 0 Å². The SMILES string of the molecule is CCCOc1ccc(C(F)(F)F)cc1NC(=O)N1CCN(c2ccc(O)cc2)CC1. The Morgan fingerprint density at radius 3 is 2.37 bits per heavy atom. The van der Waals surface area contributed by atoms with Crippen molar-refractivity contribution in [1.82, 2.24) is 4.90 Å². The van der Waals surface area contributed by atoms with Crippen LogP contribution in [0.2, 0.25) is 0 Å². The standard InChI is InChI=1S/C21H24F3N3O3/c1-2-13-30-19-8-3-15(21(22,23)24)14-18(19)25-20(29)27-11-9-26(10-12-27)16-4-6-17(28)7-5-16/h3-8,14,28H,2,9-13H2,1H3,(H,25,29). The predicted molar refractivity (Wildman–Crippen MR) is 108 cm³/mol. The van der Waals surface area contributed by atoms with Gasteiger partial charge in [0.2, 0.25) is 0 Å². The molecule has 0 radical (unpaired) electrons. The van der Waals surface area contributed by atoms with Crippen molar-refractivity contribution in [2.45, 2.75) is 19.5 Å². The average Bonchev–Trinajstić information content (AvgIpc) is 2.73. The Bertz CT molecular complexity index is 864. The van der Waals surface area contributed by atoms with E-state index in [1.165, 1.54) is 6.07 Å². The Morgan fingerprint density at radius 1 is 1.10 bits per heavy atom. The first-order chi connectivity index (χ1) is 14.3. The zero-order chi connectivity index (χ0) is 21.7. The highest BCUT2D eigenvalue weighted by Crippen LogP contribution is 2.35. The molecule has 0 saturated carbocycles. The number of benzene rings is 2. The number of rotatable bonds is 5. The van der Waals surface area contributed by atoms with Crippen LogP contribution in [0.15, 0.2) is 42.5 Å². The average molecular weight is 423 g/mol. The van der Waals surface area contributed by atoms with Crippen LogP contribution in [0.1, 0.15) is 18.9 Å². The molecule has 1 fully saturated rings. The number of phenols is 1. The summed E-state index contributed by atoms with van der Waals surface area (Å²) in [5.74, 6) is 0.389. The van der Waals surface area contributed by atoms with Gasteiger partial charge < -0.3 is 25.0 Å². The summed E-state index contributed by atoms with van der Waals surface area (Å²) in [5, 5.41) is 12.0. The van der Waals surface area contributed by atoms with Gasteiger partial charge in [-0.2, -0.15) is 13.2 Å². The summed E-state index contributed by atoms with van der Waals surface area (Å²) in [5.41, 5.74) is 0.0871. The number of nitrogens with zero attached hydrogens (tertiary/aromatic N) is 2. The molecule has 1 aliphatic heterocycles. The summed E-state index contributed by atoms with van der Waals surface area (Å²) in [6.07, 6.45) is -3.83. The molecule has 0 unspecified atom stereocenters. The van der Waals surface area contributed by atoms with Gasteiger partial charge >= 0.3 is 12.2 Å². The lowest BCUT2D eigenvalue weighted by atomic mass is 10.1. The molecule has 0 atom stereocenters. The van der Waals surface area contributed by atoms with E-state index in [4.69, 9.17) is 4.74 Å². The molecule has 0 aromatic heterocycles. The molecule has 1 saturated heterocycles. The van der Waals surface area contributed by atoms with Gasteiger partial charge in [-0.1, -0.05) is 6.92 Å². The van der Waals surface area contributed by atoms with Crippen LogP contribution in [0.5, 0.6) is 11.5 Å². The summed E-state index contributed by atoms with van der Waals surface area (Å²) >= 11 is 0. The van der Waals surface area contributed by atoms with Gasteiger partial charge in [0, 0.05) is 31.9 Å². The largest absolute Gasteiger partial charge is 0.508 e. The third-order valence-electron chi connectivity index (χ3n) is 4.79. The van der Waals surface area contributed by atoms with E-state index in [1.54, 1.807) is 29.2 Å². The second-order valence-electron chi connectivity index (χ2n) is 6.98. The van der Waals surface area contributed by atoms with Crippen LogP contribution in [-0.4, -0.2) is 48.8 Å². The number of carbonyl (C=O) groups excluding carboxylic acids is 1. The van der Waals surface area contributed by atoms with E-state index >= 15 is 0 Å².